The molecule has 0 spiro atoms. The first kappa shape index (κ1) is 15.7. The van der Waals surface area contributed by atoms with Crippen molar-refractivity contribution in [2.75, 3.05) is 13.6 Å². The van der Waals surface area contributed by atoms with E-state index in [1.165, 1.54) is 4.70 Å². The summed E-state index contributed by atoms with van der Waals surface area (Å²) in [7, 11) is 1.93. The van der Waals surface area contributed by atoms with Crippen LogP contribution in [0.2, 0.25) is 0 Å². The Bertz CT molecular complexity index is 749. The van der Waals surface area contributed by atoms with Crippen LogP contribution in [0.25, 0.3) is 10.2 Å². The third-order valence-electron chi connectivity index (χ3n) is 3.76. The minimum atomic E-state index is -0.0307. The number of para-hydroxylation sites is 1. The van der Waals surface area contributed by atoms with Gasteiger partial charge in [-0.3, -0.25) is 9.69 Å². The van der Waals surface area contributed by atoms with Crippen LogP contribution in [0.15, 0.2) is 47.1 Å². The van der Waals surface area contributed by atoms with Crippen LogP contribution in [0.1, 0.15) is 23.7 Å². The molecule has 120 valence electrons. The Hall–Kier alpha value is -2.18. The third-order valence-corrected chi connectivity index (χ3v) is 4.97. The van der Waals surface area contributed by atoms with Crippen LogP contribution in [-0.2, 0) is 11.3 Å². The fourth-order valence-corrected chi connectivity index (χ4v) is 3.36. The lowest BCUT2D eigenvalue weighted by molar-refractivity contribution is -0.122. The van der Waals surface area contributed by atoms with Crippen LogP contribution >= 0.6 is 11.3 Å². The van der Waals surface area contributed by atoms with E-state index in [4.69, 9.17) is 4.42 Å². The number of thiazole rings is 1. The number of amides is 1. The van der Waals surface area contributed by atoms with Crippen molar-refractivity contribution < 1.29 is 9.21 Å². The first-order valence-corrected chi connectivity index (χ1v) is 8.30. The molecule has 0 saturated heterocycles. The molecular formula is C17H19N3O2S. The zero-order valence-electron chi connectivity index (χ0n) is 13.2. The Morgan fingerprint density at radius 3 is 2.91 bits per heavy atom. The standard InChI is InChI=1S/C17H19N3O2S/c1-12(17-19-14-7-3-4-8-15(14)23-17)20(2)11-16(21)18-10-13-6-5-9-22-13/h3-9,12H,10-11H2,1-2H3,(H,18,21)/t12-/m1/s1. The van der Waals surface area contributed by atoms with Gasteiger partial charge in [0.15, 0.2) is 0 Å². The molecule has 6 heteroatoms. The second kappa shape index (κ2) is 6.93. The predicted octanol–water partition coefficient (Wildman–Crippen LogP) is 3.20. The van der Waals surface area contributed by atoms with Gasteiger partial charge in [0.2, 0.25) is 5.91 Å². The highest BCUT2D eigenvalue weighted by molar-refractivity contribution is 7.18. The Labute approximate surface area is 138 Å². The zero-order chi connectivity index (χ0) is 16.2. The molecule has 0 aliphatic heterocycles. The van der Waals surface area contributed by atoms with Gasteiger partial charge in [0, 0.05) is 0 Å². The summed E-state index contributed by atoms with van der Waals surface area (Å²) in [4.78, 5) is 18.7. The molecule has 3 rings (SSSR count). The highest BCUT2D eigenvalue weighted by atomic mass is 32.1. The molecular weight excluding hydrogens is 310 g/mol. The van der Waals surface area contributed by atoms with Gasteiger partial charge >= 0.3 is 0 Å². The molecule has 2 heterocycles. The number of benzene rings is 1. The molecule has 0 fully saturated rings. The Balaban J connectivity index is 1.58. The molecule has 0 aliphatic carbocycles. The molecule has 5 nitrogen and oxygen atoms in total. The molecule has 1 N–H and O–H groups in total. The van der Waals surface area contributed by atoms with Gasteiger partial charge in [0.25, 0.3) is 0 Å². The van der Waals surface area contributed by atoms with Crippen molar-refractivity contribution in [3.8, 4) is 0 Å². The fourth-order valence-electron chi connectivity index (χ4n) is 2.28. The molecule has 0 aliphatic rings. The van der Waals surface area contributed by atoms with Crippen molar-refractivity contribution in [3.63, 3.8) is 0 Å². The zero-order valence-corrected chi connectivity index (χ0v) is 14.0. The van der Waals surface area contributed by atoms with Gasteiger partial charge in [-0.2, -0.15) is 0 Å². The number of furan rings is 1. The molecule has 3 aromatic rings. The van der Waals surface area contributed by atoms with Crippen LogP contribution in [0.4, 0.5) is 0 Å². The number of likely N-dealkylation sites (N-methyl/N-ethyl adjacent to an activating group) is 1. The number of hydrogen-bond donors (Lipinski definition) is 1. The van der Waals surface area contributed by atoms with Crippen molar-refractivity contribution in [2.24, 2.45) is 0 Å². The second-order valence-corrected chi connectivity index (χ2v) is 6.53. The second-order valence-electron chi connectivity index (χ2n) is 5.47. The molecule has 23 heavy (non-hydrogen) atoms. The molecule has 0 saturated carbocycles. The van der Waals surface area contributed by atoms with Crippen molar-refractivity contribution in [3.05, 3.63) is 53.4 Å². The van der Waals surface area contributed by atoms with E-state index >= 15 is 0 Å². The molecule has 1 aromatic carbocycles. The molecule has 0 bridgehead atoms. The fraction of sp³-hybridized carbons (Fsp3) is 0.294. The van der Waals surface area contributed by atoms with E-state index in [0.717, 1.165) is 16.3 Å². The normalized spacial score (nSPS) is 12.7. The number of carbonyl (C=O) groups excluding carboxylic acids is 1. The monoisotopic (exact) mass is 329 g/mol. The predicted molar refractivity (Wildman–Crippen MR) is 91.2 cm³/mol. The first-order chi connectivity index (χ1) is 11.1. The maximum Gasteiger partial charge on any atom is 0.234 e. The molecule has 2 aromatic heterocycles. The smallest absolute Gasteiger partial charge is 0.234 e. The maximum atomic E-state index is 12.0. The maximum absolute atomic E-state index is 12.0. The van der Waals surface area contributed by atoms with Gasteiger partial charge in [-0.1, -0.05) is 12.1 Å². The summed E-state index contributed by atoms with van der Waals surface area (Å²) >= 11 is 1.67. The van der Waals surface area contributed by atoms with Gasteiger partial charge in [-0.05, 0) is 38.2 Å². The summed E-state index contributed by atoms with van der Waals surface area (Å²) in [5.74, 6) is 0.720. The van der Waals surface area contributed by atoms with Gasteiger partial charge < -0.3 is 9.73 Å². The van der Waals surface area contributed by atoms with E-state index in [1.54, 1.807) is 17.6 Å². The number of aromatic nitrogens is 1. The summed E-state index contributed by atoms with van der Waals surface area (Å²) in [5, 5.41) is 3.88. The number of carbonyl (C=O) groups is 1. The number of rotatable bonds is 6. The van der Waals surface area contributed by atoms with Gasteiger partial charge in [-0.25, -0.2) is 4.98 Å². The van der Waals surface area contributed by atoms with Crippen molar-refractivity contribution in [1.29, 1.82) is 0 Å². The van der Waals surface area contributed by atoms with E-state index < -0.39 is 0 Å². The van der Waals surface area contributed by atoms with E-state index in [2.05, 4.69) is 23.3 Å². The summed E-state index contributed by atoms with van der Waals surface area (Å²) in [6.07, 6.45) is 1.60. The average molecular weight is 329 g/mol. The quantitative estimate of drug-likeness (QED) is 0.754. The number of fused-ring (bicyclic) bond motifs is 1. The van der Waals surface area contributed by atoms with E-state index in [9.17, 15) is 4.79 Å². The topological polar surface area (TPSA) is 58.4 Å². The molecule has 1 atom stereocenters. The minimum Gasteiger partial charge on any atom is -0.467 e. The summed E-state index contributed by atoms with van der Waals surface area (Å²) in [5.41, 5.74) is 1.01. The largest absolute Gasteiger partial charge is 0.467 e. The lowest BCUT2D eigenvalue weighted by atomic mass is 10.3. The van der Waals surface area contributed by atoms with E-state index in [0.29, 0.717) is 13.1 Å². The number of nitrogens with one attached hydrogen (secondary N) is 1. The SMILES string of the molecule is C[C@H](c1nc2ccccc2s1)N(C)CC(=O)NCc1ccco1. The van der Waals surface area contributed by atoms with Crippen molar-refractivity contribution >= 4 is 27.5 Å². The first-order valence-electron chi connectivity index (χ1n) is 7.48. The van der Waals surface area contributed by atoms with Crippen molar-refractivity contribution in [1.82, 2.24) is 15.2 Å². The Morgan fingerprint density at radius 1 is 1.35 bits per heavy atom. The number of nitrogens with zero attached hydrogens (tertiary/aromatic N) is 2. The third kappa shape index (κ3) is 3.78. The van der Waals surface area contributed by atoms with Crippen LogP contribution in [0, 0.1) is 0 Å². The van der Waals surface area contributed by atoms with Crippen LogP contribution in [0.3, 0.4) is 0 Å². The Morgan fingerprint density at radius 2 is 2.17 bits per heavy atom. The minimum absolute atomic E-state index is 0.0307. The average Bonchev–Trinajstić information content (AvgIpc) is 3.21. The number of hydrogen-bond acceptors (Lipinski definition) is 5. The molecule has 0 unspecified atom stereocenters. The highest BCUT2D eigenvalue weighted by Gasteiger charge is 2.18. The molecule has 1 amide bonds. The Kier molecular flexibility index (Phi) is 4.73. The molecule has 0 radical (unpaired) electrons. The summed E-state index contributed by atoms with van der Waals surface area (Å²) < 4.78 is 6.37. The van der Waals surface area contributed by atoms with Crippen LogP contribution in [-0.4, -0.2) is 29.4 Å². The van der Waals surface area contributed by atoms with Gasteiger partial charge in [0.1, 0.15) is 10.8 Å². The lowest BCUT2D eigenvalue weighted by Crippen LogP contribution is -2.36. The van der Waals surface area contributed by atoms with Crippen molar-refractivity contribution in [2.45, 2.75) is 19.5 Å². The van der Waals surface area contributed by atoms with Crippen LogP contribution < -0.4 is 5.32 Å². The highest BCUT2D eigenvalue weighted by Crippen LogP contribution is 2.28. The van der Waals surface area contributed by atoms with Gasteiger partial charge in [-0.15, -0.1) is 11.3 Å². The summed E-state index contributed by atoms with van der Waals surface area (Å²) in [6.45, 7) is 2.80. The lowest BCUT2D eigenvalue weighted by Gasteiger charge is -2.22. The van der Waals surface area contributed by atoms with E-state index in [1.807, 2.05) is 42.3 Å². The summed E-state index contributed by atoms with van der Waals surface area (Å²) in [6, 6.07) is 11.8. The van der Waals surface area contributed by atoms with Crippen LogP contribution in [0.5, 0.6) is 0 Å². The van der Waals surface area contributed by atoms with E-state index in [-0.39, 0.29) is 11.9 Å². The van der Waals surface area contributed by atoms with Gasteiger partial charge in [0.05, 0.1) is 35.6 Å².